The normalized spacial score (nSPS) is 16.2. The summed E-state index contributed by atoms with van der Waals surface area (Å²) in [6, 6.07) is 0.289. The fourth-order valence-corrected chi connectivity index (χ4v) is 1.95. The summed E-state index contributed by atoms with van der Waals surface area (Å²) in [6.07, 6.45) is 6.81. The van der Waals surface area contributed by atoms with Crippen molar-refractivity contribution >= 4 is 6.03 Å². The molecule has 16 heavy (non-hydrogen) atoms. The largest absolute Gasteiger partial charge is 0.338 e. The average molecular weight is 223 g/mol. The first-order valence-electron chi connectivity index (χ1n) is 5.73. The molecule has 1 saturated carbocycles. The van der Waals surface area contributed by atoms with Gasteiger partial charge in [-0.25, -0.2) is 9.78 Å². The van der Waals surface area contributed by atoms with Crippen LogP contribution in [0.2, 0.25) is 0 Å². The van der Waals surface area contributed by atoms with E-state index in [1.165, 1.54) is 19.2 Å². The van der Waals surface area contributed by atoms with Crippen molar-refractivity contribution < 1.29 is 4.79 Å². The van der Waals surface area contributed by atoms with E-state index in [9.17, 15) is 4.79 Å². The maximum atomic E-state index is 11.5. The first kappa shape index (κ1) is 10.9. The Kier molecular flexibility index (Phi) is 3.74. The van der Waals surface area contributed by atoms with E-state index in [4.69, 9.17) is 0 Å². The lowest BCUT2D eigenvalue weighted by Gasteiger charge is -2.12. The molecule has 0 spiro atoms. The lowest BCUT2D eigenvalue weighted by Crippen LogP contribution is -2.41. The molecule has 88 valence electrons. The second-order valence-corrected chi connectivity index (χ2v) is 4.06. The molecule has 1 heterocycles. The maximum absolute atomic E-state index is 11.5. The first-order chi connectivity index (χ1) is 7.84. The highest BCUT2D eigenvalue weighted by Gasteiger charge is 2.16. The number of hydrogen-bond acceptors (Lipinski definition) is 3. The summed E-state index contributed by atoms with van der Waals surface area (Å²) in [5.41, 5.74) is 0. The summed E-state index contributed by atoms with van der Waals surface area (Å²) in [7, 11) is 0. The highest BCUT2D eigenvalue weighted by Crippen LogP contribution is 2.17. The number of aromatic amines is 1. The minimum Gasteiger partial charge on any atom is -0.338 e. The number of urea groups is 1. The Labute approximate surface area is 94.2 Å². The van der Waals surface area contributed by atoms with E-state index in [0.29, 0.717) is 19.0 Å². The molecule has 0 aromatic carbocycles. The van der Waals surface area contributed by atoms with Crippen LogP contribution in [-0.2, 0) is 6.42 Å². The molecular formula is C10H17N5O. The summed E-state index contributed by atoms with van der Waals surface area (Å²) < 4.78 is 0. The molecule has 6 nitrogen and oxygen atoms in total. The molecule has 1 aromatic rings. The zero-order chi connectivity index (χ0) is 11.2. The average Bonchev–Trinajstić information content (AvgIpc) is 2.90. The quantitative estimate of drug-likeness (QED) is 0.698. The molecule has 1 aliphatic carbocycles. The van der Waals surface area contributed by atoms with Gasteiger partial charge in [-0.15, -0.1) is 0 Å². The molecule has 0 saturated heterocycles. The van der Waals surface area contributed by atoms with E-state index in [0.717, 1.165) is 18.7 Å². The van der Waals surface area contributed by atoms with Crippen LogP contribution in [-0.4, -0.2) is 33.8 Å². The van der Waals surface area contributed by atoms with Crippen LogP contribution in [0.3, 0.4) is 0 Å². The molecule has 3 N–H and O–H groups in total. The summed E-state index contributed by atoms with van der Waals surface area (Å²) in [5, 5.41) is 12.3. The Morgan fingerprint density at radius 3 is 3.00 bits per heavy atom. The van der Waals surface area contributed by atoms with Gasteiger partial charge in [-0.3, -0.25) is 5.10 Å². The first-order valence-corrected chi connectivity index (χ1v) is 5.73. The van der Waals surface area contributed by atoms with E-state index in [-0.39, 0.29) is 6.03 Å². The van der Waals surface area contributed by atoms with Crippen LogP contribution >= 0.6 is 0 Å². The zero-order valence-electron chi connectivity index (χ0n) is 9.20. The number of carbonyl (C=O) groups is 1. The molecule has 0 radical (unpaired) electrons. The monoisotopic (exact) mass is 223 g/mol. The Bertz CT molecular complexity index is 318. The van der Waals surface area contributed by atoms with Gasteiger partial charge in [0, 0.05) is 19.0 Å². The Morgan fingerprint density at radius 1 is 1.50 bits per heavy atom. The Balaban J connectivity index is 1.60. The number of amides is 2. The van der Waals surface area contributed by atoms with Crippen molar-refractivity contribution in [3.63, 3.8) is 0 Å². The van der Waals surface area contributed by atoms with Gasteiger partial charge in [0.05, 0.1) is 0 Å². The Hall–Kier alpha value is -1.59. The fraction of sp³-hybridized carbons (Fsp3) is 0.700. The smallest absolute Gasteiger partial charge is 0.315 e. The van der Waals surface area contributed by atoms with Crippen LogP contribution in [0, 0.1) is 0 Å². The van der Waals surface area contributed by atoms with E-state index in [2.05, 4.69) is 25.8 Å². The van der Waals surface area contributed by atoms with Crippen LogP contribution in [0.15, 0.2) is 6.33 Å². The third-order valence-corrected chi connectivity index (χ3v) is 2.80. The number of H-pyrrole nitrogens is 1. The van der Waals surface area contributed by atoms with Gasteiger partial charge in [0.25, 0.3) is 0 Å². The van der Waals surface area contributed by atoms with Crippen molar-refractivity contribution in [2.45, 2.75) is 38.1 Å². The highest BCUT2D eigenvalue weighted by atomic mass is 16.2. The predicted molar refractivity (Wildman–Crippen MR) is 58.9 cm³/mol. The summed E-state index contributed by atoms with van der Waals surface area (Å²) >= 11 is 0. The van der Waals surface area contributed by atoms with E-state index >= 15 is 0 Å². The van der Waals surface area contributed by atoms with E-state index < -0.39 is 0 Å². The van der Waals surface area contributed by atoms with Crippen LogP contribution in [0.1, 0.15) is 31.5 Å². The van der Waals surface area contributed by atoms with Gasteiger partial charge in [-0.1, -0.05) is 12.8 Å². The summed E-state index contributed by atoms with van der Waals surface area (Å²) in [4.78, 5) is 15.4. The zero-order valence-corrected chi connectivity index (χ0v) is 9.20. The molecule has 1 aromatic heterocycles. The molecule has 0 bridgehead atoms. The SMILES string of the molecule is O=C(NCCc1ncn[nH]1)NC1CCCC1. The fourth-order valence-electron chi connectivity index (χ4n) is 1.95. The van der Waals surface area contributed by atoms with Crippen molar-refractivity contribution in [1.82, 2.24) is 25.8 Å². The second-order valence-electron chi connectivity index (χ2n) is 4.06. The third-order valence-electron chi connectivity index (χ3n) is 2.80. The van der Waals surface area contributed by atoms with E-state index in [1.54, 1.807) is 0 Å². The molecule has 1 aliphatic rings. The van der Waals surface area contributed by atoms with Crippen molar-refractivity contribution in [3.05, 3.63) is 12.2 Å². The molecule has 2 rings (SSSR count). The number of carbonyl (C=O) groups excluding carboxylic acids is 1. The van der Waals surface area contributed by atoms with Crippen molar-refractivity contribution in [2.24, 2.45) is 0 Å². The predicted octanol–water partition coefficient (Wildman–Crippen LogP) is 0.589. The van der Waals surface area contributed by atoms with Crippen LogP contribution in [0.5, 0.6) is 0 Å². The molecule has 1 fully saturated rings. The van der Waals surface area contributed by atoms with Gasteiger partial charge in [-0.2, -0.15) is 5.10 Å². The van der Waals surface area contributed by atoms with Crippen molar-refractivity contribution in [2.75, 3.05) is 6.54 Å². The molecule has 0 atom stereocenters. The summed E-state index contributed by atoms with van der Waals surface area (Å²) in [5.74, 6) is 0.793. The van der Waals surface area contributed by atoms with Crippen LogP contribution < -0.4 is 10.6 Å². The molecule has 6 heteroatoms. The van der Waals surface area contributed by atoms with Gasteiger partial charge < -0.3 is 10.6 Å². The van der Waals surface area contributed by atoms with E-state index in [1.807, 2.05) is 0 Å². The highest BCUT2D eigenvalue weighted by molar-refractivity contribution is 5.74. The van der Waals surface area contributed by atoms with Gasteiger partial charge in [-0.05, 0) is 12.8 Å². The lowest BCUT2D eigenvalue weighted by molar-refractivity contribution is 0.237. The van der Waals surface area contributed by atoms with Crippen LogP contribution in [0.4, 0.5) is 4.79 Å². The summed E-state index contributed by atoms with van der Waals surface area (Å²) in [6.45, 7) is 0.577. The van der Waals surface area contributed by atoms with Gasteiger partial charge in [0.1, 0.15) is 12.2 Å². The lowest BCUT2D eigenvalue weighted by atomic mass is 10.2. The topological polar surface area (TPSA) is 82.7 Å². The number of hydrogen-bond donors (Lipinski definition) is 3. The maximum Gasteiger partial charge on any atom is 0.315 e. The minimum atomic E-state index is -0.0774. The Morgan fingerprint density at radius 2 is 2.31 bits per heavy atom. The molecular weight excluding hydrogens is 206 g/mol. The number of aromatic nitrogens is 3. The number of nitrogens with one attached hydrogen (secondary N) is 3. The number of nitrogens with zero attached hydrogens (tertiary/aromatic N) is 2. The molecule has 2 amide bonds. The van der Waals surface area contributed by atoms with Crippen molar-refractivity contribution in [1.29, 1.82) is 0 Å². The minimum absolute atomic E-state index is 0.0774. The van der Waals surface area contributed by atoms with Gasteiger partial charge in [0.15, 0.2) is 0 Å². The standard InChI is InChI=1S/C10H17N5O/c16-10(14-8-3-1-2-4-8)11-6-5-9-12-7-13-15-9/h7-8H,1-6H2,(H2,11,14,16)(H,12,13,15). The second kappa shape index (κ2) is 5.48. The van der Waals surface area contributed by atoms with Gasteiger partial charge >= 0.3 is 6.03 Å². The molecule has 0 unspecified atom stereocenters. The van der Waals surface area contributed by atoms with Crippen LogP contribution in [0.25, 0.3) is 0 Å². The van der Waals surface area contributed by atoms with Gasteiger partial charge in [0.2, 0.25) is 0 Å². The molecule has 0 aliphatic heterocycles. The van der Waals surface area contributed by atoms with Crippen molar-refractivity contribution in [3.8, 4) is 0 Å². The third kappa shape index (κ3) is 3.22. The number of rotatable bonds is 4.